The molecule has 0 unspecified atom stereocenters. The van der Waals surface area contributed by atoms with E-state index in [4.69, 9.17) is 0 Å². The van der Waals surface area contributed by atoms with Crippen LogP contribution in [0.2, 0.25) is 0 Å². The van der Waals surface area contributed by atoms with Crippen molar-refractivity contribution >= 4 is 0 Å². The SMILES string of the molecule is CCCC[N+](C)(C)CC[N+](C)(C)CCCC.[Br-]. The van der Waals surface area contributed by atoms with Crippen molar-refractivity contribution in [3.8, 4) is 0 Å². The van der Waals surface area contributed by atoms with Gasteiger partial charge in [-0.1, -0.05) is 26.7 Å². The van der Waals surface area contributed by atoms with Crippen molar-refractivity contribution in [2.45, 2.75) is 39.5 Å². The molecular weight excluding hydrogens is 276 g/mol. The molecule has 0 aliphatic carbocycles. The molecule has 2 nitrogen and oxygen atoms in total. The van der Waals surface area contributed by atoms with Crippen LogP contribution in [0.1, 0.15) is 39.5 Å². The van der Waals surface area contributed by atoms with Gasteiger partial charge in [0.1, 0.15) is 13.1 Å². The fraction of sp³-hybridized carbons (Fsp3) is 1.00. The lowest BCUT2D eigenvalue weighted by Crippen LogP contribution is -3.00. The first-order chi connectivity index (χ1) is 7.33. The van der Waals surface area contributed by atoms with Gasteiger partial charge < -0.3 is 25.9 Å². The van der Waals surface area contributed by atoms with Crippen molar-refractivity contribution in [1.29, 1.82) is 0 Å². The molecule has 0 saturated carbocycles. The lowest BCUT2D eigenvalue weighted by atomic mass is 10.2. The van der Waals surface area contributed by atoms with Gasteiger partial charge in [-0.3, -0.25) is 0 Å². The Labute approximate surface area is 120 Å². The molecule has 0 aliphatic heterocycles. The number of halogens is 1. The van der Waals surface area contributed by atoms with Gasteiger partial charge in [0.15, 0.2) is 0 Å². The van der Waals surface area contributed by atoms with Gasteiger partial charge in [0.2, 0.25) is 0 Å². The number of rotatable bonds is 9. The van der Waals surface area contributed by atoms with Gasteiger partial charge >= 0.3 is 0 Å². The lowest BCUT2D eigenvalue weighted by Gasteiger charge is -2.35. The van der Waals surface area contributed by atoms with Crippen LogP contribution in [-0.2, 0) is 0 Å². The van der Waals surface area contributed by atoms with E-state index < -0.39 is 0 Å². The monoisotopic (exact) mass is 309 g/mol. The third-order valence-corrected chi connectivity index (χ3v) is 3.54. The normalized spacial score (nSPS) is 12.4. The number of unbranched alkanes of at least 4 members (excludes halogenated alkanes) is 2. The van der Waals surface area contributed by atoms with E-state index in [2.05, 4.69) is 42.0 Å². The summed E-state index contributed by atoms with van der Waals surface area (Å²) in [7, 11) is 9.48. The van der Waals surface area contributed by atoms with Gasteiger partial charge in [-0.2, -0.15) is 0 Å². The smallest absolute Gasteiger partial charge is 0.128 e. The molecule has 0 aliphatic rings. The highest BCUT2D eigenvalue weighted by atomic mass is 79.9. The summed E-state index contributed by atoms with van der Waals surface area (Å²) in [6.45, 7) is 9.81. The van der Waals surface area contributed by atoms with E-state index in [1.807, 2.05) is 0 Å². The minimum absolute atomic E-state index is 0. The second-order valence-electron chi connectivity index (χ2n) is 6.47. The number of quaternary nitrogens is 2. The zero-order valence-electron chi connectivity index (χ0n) is 12.9. The molecule has 0 bridgehead atoms. The van der Waals surface area contributed by atoms with Gasteiger partial charge in [0.05, 0.1) is 41.3 Å². The van der Waals surface area contributed by atoms with E-state index in [1.54, 1.807) is 0 Å². The predicted molar refractivity (Wildman–Crippen MR) is 73.5 cm³/mol. The Morgan fingerprint density at radius 2 is 0.882 bits per heavy atom. The van der Waals surface area contributed by atoms with Crippen molar-refractivity contribution < 1.29 is 25.9 Å². The first-order valence-electron chi connectivity index (χ1n) is 6.97. The Balaban J connectivity index is 0. The lowest BCUT2D eigenvalue weighted by molar-refractivity contribution is -0.946. The van der Waals surface area contributed by atoms with Crippen molar-refractivity contribution in [1.82, 2.24) is 0 Å². The maximum Gasteiger partial charge on any atom is 0.128 e. The number of nitrogens with zero attached hydrogens (tertiary/aromatic N) is 2. The van der Waals surface area contributed by atoms with E-state index in [-0.39, 0.29) is 17.0 Å². The largest absolute Gasteiger partial charge is 1.00 e. The molecule has 0 aromatic carbocycles. The quantitative estimate of drug-likeness (QED) is 0.515. The van der Waals surface area contributed by atoms with E-state index in [9.17, 15) is 0 Å². The van der Waals surface area contributed by atoms with Crippen LogP contribution in [-0.4, -0.2) is 63.3 Å². The minimum Gasteiger partial charge on any atom is -1.00 e. The summed E-state index contributed by atoms with van der Waals surface area (Å²) < 4.78 is 2.36. The summed E-state index contributed by atoms with van der Waals surface area (Å²) >= 11 is 0. The third-order valence-electron chi connectivity index (χ3n) is 3.54. The molecule has 0 atom stereocenters. The maximum atomic E-state index is 2.37. The van der Waals surface area contributed by atoms with Gasteiger partial charge in [-0.25, -0.2) is 0 Å². The fourth-order valence-electron chi connectivity index (χ4n) is 1.94. The van der Waals surface area contributed by atoms with E-state index >= 15 is 0 Å². The molecule has 0 fully saturated rings. The van der Waals surface area contributed by atoms with E-state index in [0.29, 0.717) is 0 Å². The van der Waals surface area contributed by atoms with Crippen LogP contribution >= 0.6 is 0 Å². The number of hydrogen-bond donors (Lipinski definition) is 0. The van der Waals surface area contributed by atoms with Crippen molar-refractivity contribution in [3.63, 3.8) is 0 Å². The molecule has 0 rings (SSSR count). The first kappa shape index (κ1) is 19.7. The standard InChI is InChI=1S/C14H34N2.BrH/c1-7-9-11-15(3,4)13-14-16(5,6)12-10-8-2;/h7-14H2,1-6H3;1H/q+2;/p-1. The Morgan fingerprint density at radius 3 is 1.12 bits per heavy atom. The topological polar surface area (TPSA) is 0 Å². The molecule has 106 valence electrons. The van der Waals surface area contributed by atoms with Crippen LogP contribution in [0.5, 0.6) is 0 Å². The molecule has 0 aromatic rings. The molecule has 0 aromatic heterocycles. The molecule has 0 heterocycles. The summed E-state index contributed by atoms with van der Waals surface area (Å²) in [6, 6.07) is 0. The van der Waals surface area contributed by atoms with Gasteiger partial charge in [-0.15, -0.1) is 0 Å². The van der Waals surface area contributed by atoms with Crippen LogP contribution < -0.4 is 17.0 Å². The Hall–Kier alpha value is 0.400. The average Bonchev–Trinajstić information content (AvgIpc) is 2.22. The number of likely N-dealkylation sites (N-methyl/N-ethyl adjacent to an activating group) is 2. The van der Waals surface area contributed by atoms with E-state index in [1.165, 1.54) is 60.8 Å². The van der Waals surface area contributed by atoms with Crippen LogP contribution in [0.4, 0.5) is 0 Å². The van der Waals surface area contributed by atoms with Crippen molar-refractivity contribution in [3.05, 3.63) is 0 Å². The van der Waals surface area contributed by atoms with Crippen LogP contribution in [0.15, 0.2) is 0 Å². The van der Waals surface area contributed by atoms with Crippen LogP contribution in [0, 0.1) is 0 Å². The van der Waals surface area contributed by atoms with Gasteiger partial charge in [0.25, 0.3) is 0 Å². The van der Waals surface area contributed by atoms with Gasteiger partial charge in [0, 0.05) is 0 Å². The molecule has 3 heteroatoms. The molecule has 0 amide bonds. The molecule has 0 saturated heterocycles. The van der Waals surface area contributed by atoms with Crippen molar-refractivity contribution in [2.75, 3.05) is 54.4 Å². The first-order valence-corrected chi connectivity index (χ1v) is 6.97. The third kappa shape index (κ3) is 11.2. The highest BCUT2D eigenvalue weighted by Crippen LogP contribution is 2.06. The highest BCUT2D eigenvalue weighted by molar-refractivity contribution is 4.40. The highest BCUT2D eigenvalue weighted by Gasteiger charge is 2.21. The summed E-state index contributed by atoms with van der Waals surface area (Å²) in [6.07, 6.45) is 5.34. The second kappa shape index (κ2) is 9.35. The Bertz CT molecular complexity index is 159. The van der Waals surface area contributed by atoms with Gasteiger partial charge in [-0.05, 0) is 12.8 Å². The molecule has 0 radical (unpaired) electrons. The van der Waals surface area contributed by atoms with Crippen LogP contribution in [0.25, 0.3) is 0 Å². The summed E-state index contributed by atoms with van der Waals surface area (Å²) in [5, 5.41) is 0. The summed E-state index contributed by atoms with van der Waals surface area (Å²) in [5.74, 6) is 0. The zero-order chi connectivity index (χ0) is 12.7. The minimum atomic E-state index is 0. The van der Waals surface area contributed by atoms with Crippen LogP contribution in [0.3, 0.4) is 0 Å². The predicted octanol–water partition coefficient (Wildman–Crippen LogP) is -0.257. The summed E-state index contributed by atoms with van der Waals surface area (Å²) in [4.78, 5) is 0. The Kier molecular flexibility index (Phi) is 10.8. The number of hydrogen-bond acceptors (Lipinski definition) is 0. The average molecular weight is 310 g/mol. The molecular formula is C14H34BrN2+. The fourth-order valence-corrected chi connectivity index (χ4v) is 1.94. The summed E-state index contributed by atoms with van der Waals surface area (Å²) in [5.41, 5.74) is 0. The molecule has 17 heavy (non-hydrogen) atoms. The second-order valence-corrected chi connectivity index (χ2v) is 6.47. The zero-order valence-corrected chi connectivity index (χ0v) is 14.5. The molecule has 0 N–H and O–H groups in total. The van der Waals surface area contributed by atoms with E-state index in [0.717, 1.165) is 0 Å². The molecule has 0 spiro atoms. The Morgan fingerprint density at radius 1 is 0.588 bits per heavy atom. The maximum absolute atomic E-state index is 2.37. The van der Waals surface area contributed by atoms with Crippen molar-refractivity contribution in [2.24, 2.45) is 0 Å².